The summed E-state index contributed by atoms with van der Waals surface area (Å²) in [5.74, 6) is 1.01. The number of ether oxygens (including phenoxy) is 1. The number of benzene rings is 1. The molecule has 0 saturated carbocycles. The number of aromatic nitrogens is 2. The van der Waals surface area contributed by atoms with Gasteiger partial charge in [0.05, 0.1) is 12.6 Å². The van der Waals surface area contributed by atoms with Crippen LogP contribution in [0.25, 0.3) is 11.4 Å². The van der Waals surface area contributed by atoms with Gasteiger partial charge in [-0.2, -0.15) is 0 Å². The maximum atomic E-state index is 5.68. The summed E-state index contributed by atoms with van der Waals surface area (Å²) >= 11 is 3.50. The predicted molar refractivity (Wildman–Crippen MR) is 74.3 cm³/mol. The molecule has 0 N–H and O–H groups in total. The van der Waals surface area contributed by atoms with Crippen molar-refractivity contribution >= 4 is 15.9 Å². The molecular formula is C14H15BrN2O. The van der Waals surface area contributed by atoms with Crippen LogP contribution in [0.5, 0.6) is 0 Å². The summed E-state index contributed by atoms with van der Waals surface area (Å²) in [7, 11) is 0. The van der Waals surface area contributed by atoms with Crippen molar-refractivity contribution in [1.29, 1.82) is 0 Å². The molecule has 1 aliphatic rings. The van der Waals surface area contributed by atoms with Gasteiger partial charge in [0, 0.05) is 29.0 Å². The van der Waals surface area contributed by atoms with Crippen molar-refractivity contribution in [3.05, 3.63) is 41.1 Å². The number of hydrogen-bond acceptors (Lipinski definition) is 2. The van der Waals surface area contributed by atoms with Crippen LogP contribution in [0.1, 0.15) is 12.8 Å². The molecule has 3 nitrogen and oxygen atoms in total. The second-order valence-electron chi connectivity index (χ2n) is 4.55. The van der Waals surface area contributed by atoms with E-state index in [1.807, 2.05) is 24.5 Å². The van der Waals surface area contributed by atoms with E-state index in [4.69, 9.17) is 4.74 Å². The fourth-order valence-corrected chi connectivity index (χ4v) is 2.75. The van der Waals surface area contributed by atoms with Crippen LogP contribution >= 0.6 is 15.9 Å². The zero-order chi connectivity index (χ0) is 12.4. The van der Waals surface area contributed by atoms with E-state index in [-0.39, 0.29) is 0 Å². The van der Waals surface area contributed by atoms with E-state index in [9.17, 15) is 0 Å². The van der Waals surface area contributed by atoms with Crippen LogP contribution in [0.15, 0.2) is 41.1 Å². The second-order valence-corrected chi connectivity index (χ2v) is 5.46. The Labute approximate surface area is 115 Å². The first-order valence-electron chi connectivity index (χ1n) is 6.21. The number of rotatable bonds is 3. The number of hydrogen-bond donors (Lipinski definition) is 0. The fraction of sp³-hybridized carbons (Fsp3) is 0.357. The number of halogens is 1. The minimum Gasteiger partial charge on any atom is -0.376 e. The van der Waals surface area contributed by atoms with Gasteiger partial charge in [-0.3, -0.25) is 0 Å². The zero-order valence-corrected chi connectivity index (χ0v) is 11.6. The van der Waals surface area contributed by atoms with E-state index in [0.717, 1.165) is 35.4 Å². The molecule has 0 amide bonds. The normalized spacial score (nSPS) is 19.3. The molecule has 2 aromatic rings. The molecule has 0 spiro atoms. The summed E-state index contributed by atoms with van der Waals surface area (Å²) < 4.78 is 8.94. The van der Waals surface area contributed by atoms with Gasteiger partial charge in [-0.25, -0.2) is 4.98 Å². The molecule has 0 aliphatic carbocycles. The Bertz CT molecular complexity index is 532. The van der Waals surface area contributed by atoms with Crippen molar-refractivity contribution in [2.75, 3.05) is 6.61 Å². The lowest BCUT2D eigenvalue weighted by molar-refractivity contribution is 0.0974. The second kappa shape index (κ2) is 5.24. The summed E-state index contributed by atoms with van der Waals surface area (Å²) in [6.07, 6.45) is 6.54. The molecule has 1 aromatic carbocycles. The molecule has 18 heavy (non-hydrogen) atoms. The smallest absolute Gasteiger partial charge is 0.140 e. The van der Waals surface area contributed by atoms with Crippen LogP contribution in [0.2, 0.25) is 0 Å². The quantitative estimate of drug-likeness (QED) is 0.868. The monoisotopic (exact) mass is 306 g/mol. The van der Waals surface area contributed by atoms with Gasteiger partial charge in [-0.15, -0.1) is 0 Å². The van der Waals surface area contributed by atoms with Gasteiger partial charge in [0.1, 0.15) is 5.82 Å². The maximum absolute atomic E-state index is 5.68. The van der Waals surface area contributed by atoms with E-state index in [2.05, 4.69) is 37.6 Å². The van der Waals surface area contributed by atoms with Gasteiger partial charge >= 0.3 is 0 Å². The molecule has 1 aliphatic heterocycles. The van der Waals surface area contributed by atoms with E-state index in [1.165, 1.54) is 6.42 Å². The van der Waals surface area contributed by atoms with Crippen molar-refractivity contribution in [1.82, 2.24) is 9.55 Å². The Morgan fingerprint density at radius 1 is 1.44 bits per heavy atom. The van der Waals surface area contributed by atoms with Crippen LogP contribution in [-0.4, -0.2) is 22.3 Å². The number of nitrogens with zero attached hydrogens (tertiary/aromatic N) is 2. The van der Waals surface area contributed by atoms with Gasteiger partial charge < -0.3 is 9.30 Å². The highest BCUT2D eigenvalue weighted by molar-refractivity contribution is 9.10. The van der Waals surface area contributed by atoms with Crippen molar-refractivity contribution in [2.45, 2.75) is 25.5 Å². The minimum absolute atomic E-state index is 0.338. The van der Waals surface area contributed by atoms with Gasteiger partial charge in [-0.05, 0) is 25.0 Å². The summed E-state index contributed by atoms with van der Waals surface area (Å²) in [5.41, 5.74) is 1.13. The highest BCUT2D eigenvalue weighted by Gasteiger charge is 2.17. The molecule has 4 heteroatoms. The topological polar surface area (TPSA) is 27.1 Å². The van der Waals surface area contributed by atoms with Gasteiger partial charge in [0.25, 0.3) is 0 Å². The fourth-order valence-electron chi connectivity index (χ4n) is 2.35. The molecule has 1 atom stereocenters. The lowest BCUT2D eigenvalue weighted by Crippen LogP contribution is -2.15. The largest absolute Gasteiger partial charge is 0.376 e. The first-order valence-corrected chi connectivity index (χ1v) is 7.01. The van der Waals surface area contributed by atoms with Crippen molar-refractivity contribution < 1.29 is 4.74 Å². The van der Waals surface area contributed by atoms with Gasteiger partial charge in [0.15, 0.2) is 0 Å². The highest BCUT2D eigenvalue weighted by Crippen LogP contribution is 2.23. The third kappa shape index (κ3) is 2.49. The molecule has 2 heterocycles. The summed E-state index contributed by atoms with van der Waals surface area (Å²) in [6, 6.07) is 8.23. The summed E-state index contributed by atoms with van der Waals surface area (Å²) in [4.78, 5) is 4.46. The summed E-state index contributed by atoms with van der Waals surface area (Å²) in [5, 5.41) is 0. The molecule has 0 radical (unpaired) electrons. The van der Waals surface area contributed by atoms with Gasteiger partial charge in [-0.1, -0.05) is 28.1 Å². The molecule has 1 aromatic heterocycles. The van der Waals surface area contributed by atoms with E-state index in [0.29, 0.717) is 6.10 Å². The lowest BCUT2D eigenvalue weighted by atomic mass is 10.2. The Morgan fingerprint density at radius 2 is 2.39 bits per heavy atom. The van der Waals surface area contributed by atoms with E-state index in [1.54, 1.807) is 0 Å². The lowest BCUT2D eigenvalue weighted by Gasteiger charge is -2.13. The third-order valence-corrected chi connectivity index (χ3v) is 3.72. The molecule has 3 rings (SSSR count). The third-order valence-electron chi connectivity index (χ3n) is 3.22. The van der Waals surface area contributed by atoms with Crippen LogP contribution < -0.4 is 0 Å². The Balaban J connectivity index is 1.86. The Hall–Kier alpha value is -1.13. The molecule has 94 valence electrons. The first kappa shape index (κ1) is 11.9. The van der Waals surface area contributed by atoms with Crippen molar-refractivity contribution in [3.8, 4) is 11.4 Å². The average molecular weight is 307 g/mol. The van der Waals surface area contributed by atoms with Crippen molar-refractivity contribution in [2.24, 2.45) is 0 Å². The molecule has 0 bridgehead atoms. The predicted octanol–water partition coefficient (Wildman–Crippen LogP) is 3.49. The average Bonchev–Trinajstić information content (AvgIpc) is 3.01. The molecule has 1 fully saturated rings. The van der Waals surface area contributed by atoms with Crippen LogP contribution in [0, 0.1) is 0 Å². The maximum Gasteiger partial charge on any atom is 0.140 e. The van der Waals surface area contributed by atoms with Crippen LogP contribution in [-0.2, 0) is 11.3 Å². The minimum atomic E-state index is 0.338. The Kier molecular flexibility index (Phi) is 3.48. The number of imidazole rings is 1. The molecule has 1 saturated heterocycles. The van der Waals surface area contributed by atoms with E-state index >= 15 is 0 Å². The van der Waals surface area contributed by atoms with Crippen LogP contribution in [0.3, 0.4) is 0 Å². The van der Waals surface area contributed by atoms with E-state index < -0.39 is 0 Å². The molecular weight excluding hydrogens is 292 g/mol. The summed E-state index contributed by atoms with van der Waals surface area (Å²) in [6.45, 7) is 1.79. The highest BCUT2D eigenvalue weighted by atomic mass is 79.9. The zero-order valence-electron chi connectivity index (χ0n) is 10.1. The standard InChI is InChI=1S/C14H15BrN2O/c15-12-4-1-3-11(9-12)14-16-6-7-17(14)10-13-5-2-8-18-13/h1,3-4,6-7,9,13H,2,5,8,10H2. The van der Waals surface area contributed by atoms with Gasteiger partial charge in [0.2, 0.25) is 0 Å². The molecule has 1 unspecified atom stereocenters. The van der Waals surface area contributed by atoms with Crippen molar-refractivity contribution in [3.63, 3.8) is 0 Å². The van der Waals surface area contributed by atoms with Crippen LogP contribution in [0.4, 0.5) is 0 Å². The first-order chi connectivity index (χ1) is 8.83. The SMILES string of the molecule is Brc1cccc(-c2nccn2CC2CCCO2)c1. The Morgan fingerprint density at radius 3 is 3.17 bits per heavy atom.